The topological polar surface area (TPSA) is 74.8 Å². The molecule has 2 aliphatic heterocycles. The number of ether oxygens (including phenoxy) is 1. The van der Waals surface area contributed by atoms with Gasteiger partial charge < -0.3 is 14.5 Å². The first kappa shape index (κ1) is 24.1. The predicted octanol–water partition coefficient (Wildman–Crippen LogP) is 3.50. The number of piperidine rings is 1. The molecule has 1 atom stereocenters. The van der Waals surface area contributed by atoms with Gasteiger partial charge in [-0.2, -0.15) is 4.39 Å². The molecule has 2 aliphatic rings. The molecule has 0 amide bonds. The number of halogens is 4. The summed E-state index contributed by atoms with van der Waals surface area (Å²) in [5.41, 5.74) is -0.424. The van der Waals surface area contributed by atoms with Gasteiger partial charge in [0.15, 0.2) is 10.7 Å². The van der Waals surface area contributed by atoms with E-state index in [1.165, 1.54) is 6.07 Å². The number of nitrogens with zero attached hydrogens (tertiary/aromatic N) is 3. The Morgan fingerprint density at radius 2 is 2.00 bits per heavy atom. The lowest BCUT2D eigenvalue weighted by atomic mass is 9.76. The van der Waals surface area contributed by atoms with Crippen LogP contribution in [0.25, 0.3) is 0 Å². The molecule has 7 nitrogen and oxygen atoms in total. The standard InChI is InChI=1S/C21H24ClF3N4O3S/c1-28-8-4-5-13(10-28)21(32-2)11-29(12-21)15-9-14(23)20(19(25)18(15)22)33(30,31)27-17-7-3-6-16(24)26-17/h3,6-7,9,13H,4-5,8,10-12H2,1-2H3,(H,26,27). The number of sulfonamides is 1. The second kappa shape index (κ2) is 8.94. The number of anilines is 2. The first-order valence-electron chi connectivity index (χ1n) is 10.4. The zero-order chi connectivity index (χ0) is 24.0. The molecule has 2 fully saturated rings. The maximum absolute atomic E-state index is 15.1. The van der Waals surface area contributed by atoms with Crippen LogP contribution in [0.15, 0.2) is 29.2 Å². The van der Waals surface area contributed by atoms with Gasteiger partial charge >= 0.3 is 0 Å². The number of pyridine rings is 1. The summed E-state index contributed by atoms with van der Waals surface area (Å²) in [7, 11) is -1.09. The van der Waals surface area contributed by atoms with Crippen LogP contribution in [0.2, 0.25) is 5.02 Å². The molecule has 0 spiro atoms. The minimum absolute atomic E-state index is 0.0475. The largest absolute Gasteiger partial charge is 0.374 e. The van der Waals surface area contributed by atoms with Gasteiger partial charge in [-0.3, -0.25) is 4.72 Å². The third-order valence-corrected chi connectivity index (χ3v) is 8.10. The molecule has 12 heteroatoms. The van der Waals surface area contributed by atoms with Gasteiger partial charge in [0.25, 0.3) is 10.0 Å². The van der Waals surface area contributed by atoms with E-state index in [0.29, 0.717) is 13.1 Å². The van der Waals surface area contributed by atoms with Crippen LogP contribution in [-0.4, -0.2) is 64.2 Å². The van der Waals surface area contributed by atoms with E-state index in [2.05, 4.69) is 9.88 Å². The number of nitrogens with one attached hydrogen (secondary N) is 1. The fraction of sp³-hybridized carbons (Fsp3) is 0.476. The Balaban J connectivity index is 1.59. The van der Waals surface area contributed by atoms with Gasteiger partial charge in [0.2, 0.25) is 5.95 Å². The lowest BCUT2D eigenvalue weighted by Gasteiger charge is -2.55. The zero-order valence-corrected chi connectivity index (χ0v) is 19.7. The van der Waals surface area contributed by atoms with Crippen LogP contribution >= 0.6 is 11.6 Å². The fourth-order valence-electron chi connectivity index (χ4n) is 4.62. The van der Waals surface area contributed by atoms with E-state index in [-0.39, 0.29) is 11.6 Å². The van der Waals surface area contributed by atoms with Gasteiger partial charge in [0.05, 0.1) is 5.69 Å². The molecule has 1 N–H and O–H groups in total. The third kappa shape index (κ3) is 4.51. The first-order valence-corrected chi connectivity index (χ1v) is 12.2. The summed E-state index contributed by atoms with van der Waals surface area (Å²) in [6, 6.07) is 4.26. The molecule has 3 heterocycles. The smallest absolute Gasteiger partial charge is 0.268 e. The van der Waals surface area contributed by atoms with Crippen LogP contribution in [0.5, 0.6) is 0 Å². The molecule has 0 saturated carbocycles. The van der Waals surface area contributed by atoms with Crippen molar-refractivity contribution in [1.82, 2.24) is 9.88 Å². The van der Waals surface area contributed by atoms with Crippen molar-refractivity contribution in [1.29, 1.82) is 0 Å². The molecule has 0 aliphatic carbocycles. The molecule has 33 heavy (non-hydrogen) atoms. The predicted molar refractivity (Wildman–Crippen MR) is 119 cm³/mol. The summed E-state index contributed by atoms with van der Waals surface area (Å²) < 4.78 is 76.1. The Labute approximate surface area is 195 Å². The maximum atomic E-state index is 15.1. The quantitative estimate of drug-likeness (QED) is 0.479. The van der Waals surface area contributed by atoms with Gasteiger partial charge in [-0.15, -0.1) is 0 Å². The molecule has 0 radical (unpaired) electrons. The molecule has 2 aromatic rings. The number of aromatic nitrogens is 1. The monoisotopic (exact) mass is 504 g/mol. The summed E-state index contributed by atoms with van der Waals surface area (Å²) in [6.07, 6.45) is 2.02. The maximum Gasteiger partial charge on any atom is 0.268 e. The molecular formula is C21H24ClF3N4O3S. The van der Waals surface area contributed by atoms with Crippen molar-refractivity contribution >= 4 is 33.1 Å². The Hall–Kier alpha value is -2.08. The Morgan fingerprint density at radius 1 is 1.27 bits per heavy atom. The highest BCUT2D eigenvalue weighted by molar-refractivity contribution is 7.92. The number of benzene rings is 1. The molecule has 1 aromatic carbocycles. The third-order valence-electron chi connectivity index (χ3n) is 6.35. The highest BCUT2D eigenvalue weighted by Crippen LogP contribution is 2.43. The number of likely N-dealkylation sites (tertiary alicyclic amines) is 1. The van der Waals surface area contributed by atoms with E-state index in [1.54, 1.807) is 12.0 Å². The highest BCUT2D eigenvalue weighted by Gasteiger charge is 2.51. The Bertz CT molecular complexity index is 1160. The van der Waals surface area contributed by atoms with Crippen LogP contribution in [0, 0.1) is 23.5 Å². The molecule has 1 aromatic heterocycles. The highest BCUT2D eigenvalue weighted by atomic mass is 35.5. The summed E-state index contributed by atoms with van der Waals surface area (Å²) in [4.78, 5) is 5.99. The number of hydrogen-bond acceptors (Lipinski definition) is 6. The summed E-state index contributed by atoms with van der Waals surface area (Å²) >= 11 is 6.16. The lowest BCUT2D eigenvalue weighted by Crippen LogP contribution is -2.68. The van der Waals surface area contributed by atoms with Crippen LogP contribution in [0.1, 0.15) is 12.8 Å². The molecular weight excluding hydrogens is 481 g/mol. The molecule has 0 bridgehead atoms. The summed E-state index contributed by atoms with van der Waals surface area (Å²) in [5, 5.41) is -0.519. The van der Waals surface area contributed by atoms with Crippen LogP contribution < -0.4 is 9.62 Å². The van der Waals surface area contributed by atoms with E-state index in [9.17, 15) is 17.2 Å². The van der Waals surface area contributed by atoms with E-state index in [0.717, 1.165) is 44.1 Å². The minimum atomic E-state index is -4.76. The van der Waals surface area contributed by atoms with Crippen molar-refractivity contribution in [3.8, 4) is 0 Å². The molecule has 4 rings (SSSR count). The van der Waals surface area contributed by atoms with Gasteiger partial charge in [-0.05, 0) is 38.6 Å². The molecule has 1 unspecified atom stereocenters. The zero-order valence-electron chi connectivity index (χ0n) is 18.1. The van der Waals surface area contributed by atoms with E-state index in [1.807, 2.05) is 11.8 Å². The van der Waals surface area contributed by atoms with Crippen molar-refractivity contribution in [2.45, 2.75) is 23.3 Å². The number of rotatable bonds is 6. The van der Waals surface area contributed by atoms with Crippen LogP contribution in [-0.2, 0) is 14.8 Å². The van der Waals surface area contributed by atoms with E-state index >= 15 is 4.39 Å². The van der Waals surface area contributed by atoms with Crippen LogP contribution in [0.3, 0.4) is 0 Å². The van der Waals surface area contributed by atoms with Crippen molar-refractivity contribution in [3.05, 3.63) is 46.9 Å². The first-order chi connectivity index (χ1) is 15.6. The molecule has 180 valence electrons. The SMILES string of the molecule is COC1(C2CCCN(C)C2)CN(c2cc(F)c(S(=O)(=O)Nc3cccc(F)n3)c(F)c2Cl)C1. The van der Waals surface area contributed by atoms with E-state index < -0.39 is 48.9 Å². The Morgan fingerprint density at radius 3 is 2.64 bits per heavy atom. The van der Waals surface area contributed by atoms with Gasteiger partial charge in [0.1, 0.15) is 22.3 Å². The van der Waals surface area contributed by atoms with Crippen LogP contribution in [0.4, 0.5) is 24.7 Å². The normalized spacial score (nSPS) is 21.0. The lowest BCUT2D eigenvalue weighted by molar-refractivity contribution is -0.0953. The minimum Gasteiger partial charge on any atom is -0.374 e. The van der Waals surface area contributed by atoms with Gasteiger partial charge in [0, 0.05) is 38.7 Å². The average Bonchev–Trinajstić information content (AvgIpc) is 2.70. The van der Waals surface area contributed by atoms with Crippen molar-refractivity contribution < 1.29 is 26.3 Å². The second-order valence-corrected chi connectivity index (χ2v) is 10.5. The van der Waals surface area contributed by atoms with Crippen molar-refractivity contribution in [3.63, 3.8) is 0 Å². The second-order valence-electron chi connectivity index (χ2n) is 8.51. The number of hydrogen-bond donors (Lipinski definition) is 1. The number of methoxy groups -OCH3 is 1. The molecule has 2 saturated heterocycles. The van der Waals surface area contributed by atoms with Crippen molar-refractivity contribution in [2.75, 3.05) is 50.0 Å². The average molecular weight is 505 g/mol. The fourth-order valence-corrected chi connectivity index (χ4v) is 6.09. The van der Waals surface area contributed by atoms with Gasteiger partial charge in [-0.1, -0.05) is 17.7 Å². The van der Waals surface area contributed by atoms with E-state index in [4.69, 9.17) is 16.3 Å². The summed E-state index contributed by atoms with van der Waals surface area (Å²) in [6.45, 7) is 2.61. The van der Waals surface area contributed by atoms with Crippen molar-refractivity contribution in [2.24, 2.45) is 5.92 Å². The summed E-state index contributed by atoms with van der Waals surface area (Å²) in [5.74, 6) is -3.85. The Kier molecular flexibility index (Phi) is 6.51. The van der Waals surface area contributed by atoms with Gasteiger partial charge in [-0.25, -0.2) is 22.2 Å².